The molecule has 28 heavy (non-hydrogen) atoms. The predicted octanol–water partition coefficient (Wildman–Crippen LogP) is 4.17. The summed E-state index contributed by atoms with van der Waals surface area (Å²) in [6.07, 6.45) is 4.50. The molecule has 4 heteroatoms. The molecule has 150 valence electrons. The Balaban J connectivity index is 1.54. The number of methoxy groups -OCH3 is 1. The molecule has 0 aliphatic carbocycles. The highest BCUT2D eigenvalue weighted by atomic mass is 16.5. The number of hydrogen-bond donors (Lipinski definition) is 0. The van der Waals surface area contributed by atoms with Crippen LogP contribution in [0.4, 0.5) is 0 Å². The summed E-state index contributed by atoms with van der Waals surface area (Å²) in [7, 11) is 3.60. The van der Waals surface area contributed by atoms with Gasteiger partial charge in [0.25, 0.3) is 5.91 Å². The van der Waals surface area contributed by atoms with E-state index in [1.54, 1.807) is 7.11 Å². The van der Waals surface area contributed by atoms with E-state index in [2.05, 4.69) is 35.2 Å². The molecular weight excluding hydrogens is 348 g/mol. The zero-order chi connectivity index (χ0) is 19.9. The normalized spacial score (nSPS) is 17.3. The summed E-state index contributed by atoms with van der Waals surface area (Å²) in [6.45, 7) is 5.17. The Morgan fingerprint density at radius 2 is 2.00 bits per heavy atom. The lowest BCUT2D eigenvalue weighted by atomic mass is 10.0. The Labute approximate surface area is 169 Å². The number of amides is 1. The fourth-order valence-corrected chi connectivity index (χ4v) is 4.08. The van der Waals surface area contributed by atoms with Gasteiger partial charge in [-0.2, -0.15) is 0 Å². The van der Waals surface area contributed by atoms with E-state index in [1.165, 1.54) is 5.56 Å². The highest BCUT2D eigenvalue weighted by Crippen LogP contribution is 2.22. The summed E-state index contributed by atoms with van der Waals surface area (Å²) in [4.78, 5) is 17.4. The molecule has 0 radical (unpaired) electrons. The molecule has 1 aliphatic heterocycles. The first-order valence-electron chi connectivity index (χ1n) is 10.3. The number of nitrogens with zero attached hydrogens (tertiary/aromatic N) is 2. The summed E-state index contributed by atoms with van der Waals surface area (Å²) in [5.74, 6) is 0.920. The van der Waals surface area contributed by atoms with Gasteiger partial charge < -0.3 is 14.5 Å². The Morgan fingerprint density at radius 3 is 2.71 bits per heavy atom. The van der Waals surface area contributed by atoms with E-state index in [9.17, 15) is 4.79 Å². The van der Waals surface area contributed by atoms with Crippen LogP contribution in [0, 0.1) is 6.92 Å². The first-order valence-corrected chi connectivity index (χ1v) is 10.3. The molecule has 0 unspecified atom stereocenters. The van der Waals surface area contributed by atoms with E-state index in [-0.39, 0.29) is 11.9 Å². The number of rotatable bonds is 7. The van der Waals surface area contributed by atoms with Crippen molar-refractivity contribution >= 4 is 5.91 Å². The second-order valence-corrected chi connectivity index (χ2v) is 7.79. The third-order valence-corrected chi connectivity index (χ3v) is 5.77. The summed E-state index contributed by atoms with van der Waals surface area (Å²) in [5, 5.41) is 0. The predicted molar refractivity (Wildman–Crippen MR) is 114 cm³/mol. The van der Waals surface area contributed by atoms with Crippen LogP contribution in [0.5, 0.6) is 5.75 Å². The average molecular weight is 381 g/mol. The van der Waals surface area contributed by atoms with Gasteiger partial charge in [-0.25, -0.2) is 0 Å². The summed E-state index contributed by atoms with van der Waals surface area (Å²) in [6, 6.07) is 16.6. The van der Waals surface area contributed by atoms with Crippen LogP contribution in [0.3, 0.4) is 0 Å². The summed E-state index contributed by atoms with van der Waals surface area (Å²) >= 11 is 0. The minimum absolute atomic E-state index is 0.0990. The van der Waals surface area contributed by atoms with Crippen LogP contribution in [0.2, 0.25) is 0 Å². The van der Waals surface area contributed by atoms with Crippen molar-refractivity contribution in [1.29, 1.82) is 0 Å². The number of carbonyl (C=O) groups excluding carboxylic acids is 1. The minimum atomic E-state index is 0.0990. The van der Waals surface area contributed by atoms with Gasteiger partial charge in [0.1, 0.15) is 5.75 Å². The fourth-order valence-electron chi connectivity index (χ4n) is 4.08. The summed E-state index contributed by atoms with van der Waals surface area (Å²) in [5.41, 5.74) is 3.13. The molecule has 0 spiro atoms. The first-order chi connectivity index (χ1) is 13.6. The molecular formula is C24H32N2O2. The van der Waals surface area contributed by atoms with Crippen molar-refractivity contribution in [2.45, 2.75) is 38.6 Å². The maximum atomic E-state index is 13.0. The number of hydrogen-bond acceptors (Lipinski definition) is 3. The van der Waals surface area contributed by atoms with Crippen LogP contribution in [-0.4, -0.2) is 55.5 Å². The first kappa shape index (κ1) is 20.4. The summed E-state index contributed by atoms with van der Waals surface area (Å²) < 4.78 is 5.31. The van der Waals surface area contributed by atoms with Crippen LogP contribution >= 0.6 is 0 Å². The molecule has 1 atom stereocenters. The van der Waals surface area contributed by atoms with Crippen LogP contribution in [0.15, 0.2) is 48.5 Å². The molecule has 2 aromatic rings. The maximum Gasteiger partial charge on any atom is 0.253 e. The number of ether oxygens (including phenoxy) is 1. The average Bonchev–Trinajstić information content (AvgIpc) is 2.73. The van der Waals surface area contributed by atoms with Crippen molar-refractivity contribution in [2.24, 2.45) is 0 Å². The van der Waals surface area contributed by atoms with Gasteiger partial charge in [-0.3, -0.25) is 4.79 Å². The number of aryl methyl sites for hydroxylation is 2. The van der Waals surface area contributed by atoms with Crippen LogP contribution in [0.1, 0.15) is 40.7 Å². The number of carbonyl (C=O) groups is 1. The molecule has 0 aromatic heterocycles. The Hall–Kier alpha value is -2.33. The fraction of sp³-hybridized carbons (Fsp3) is 0.458. The zero-order valence-corrected chi connectivity index (χ0v) is 17.4. The molecule has 0 bridgehead atoms. The van der Waals surface area contributed by atoms with Gasteiger partial charge in [0, 0.05) is 25.2 Å². The van der Waals surface area contributed by atoms with Crippen molar-refractivity contribution in [3.05, 3.63) is 65.2 Å². The molecule has 3 rings (SSSR count). The minimum Gasteiger partial charge on any atom is -0.496 e. The van der Waals surface area contributed by atoms with Gasteiger partial charge in [-0.05, 0) is 75.0 Å². The van der Waals surface area contributed by atoms with E-state index >= 15 is 0 Å². The molecule has 2 aromatic carbocycles. The molecule has 1 aliphatic rings. The third-order valence-electron chi connectivity index (χ3n) is 5.77. The van der Waals surface area contributed by atoms with Crippen molar-refractivity contribution in [3.8, 4) is 5.75 Å². The molecule has 0 saturated carbocycles. The molecule has 1 heterocycles. The molecule has 1 amide bonds. The van der Waals surface area contributed by atoms with Crippen LogP contribution < -0.4 is 4.74 Å². The smallest absolute Gasteiger partial charge is 0.253 e. The lowest BCUT2D eigenvalue weighted by molar-refractivity contribution is 0.0617. The van der Waals surface area contributed by atoms with Crippen molar-refractivity contribution < 1.29 is 9.53 Å². The number of likely N-dealkylation sites (N-methyl/N-ethyl adjacent to an activating group) is 1. The SMILES string of the molecule is COc1ccc(C(=O)N(C)[C@@H]2CCCN(CCCc3ccccc3)C2)cc1C. The van der Waals surface area contributed by atoms with Gasteiger partial charge in [0.2, 0.25) is 0 Å². The molecule has 1 saturated heterocycles. The number of benzene rings is 2. The monoisotopic (exact) mass is 380 g/mol. The van der Waals surface area contributed by atoms with Gasteiger partial charge >= 0.3 is 0 Å². The largest absolute Gasteiger partial charge is 0.496 e. The van der Waals surface area contributed by atoms with Crippen molar-refractivity contribution in [3.63, 3.8) is 0 Å². The standard InChI is InChI=1S/C24H32N2O2/c1-19-17-21(13-14-23(19)28-3)24(27)25(2)22-12-8-16-26(18-22)15-7-11-20-9-5-4-6-10-20/h4-6,9-10,13-14,17,22H,7-8,11-12,15-16,18H2,1-3H3/t22-/m1/s1. The lowest BCUT2D eigenvalue weighted by Gasteiger charge is -2.37. The van der Waals surface area contributed by atoms with Crippen LogP contribution in [0.25, 0.3) is 0 Å². The van der Waals surface area contributed by atoms with Gasteiger partial charge in [0.15, 0.2) is 0 Å². The van der Waals surface area contributed by atoms with E-state index in [4.69, 9.17) is 4.74 Å². The Morgan fingerprint density at radius 1 is 1.21 bits per heavy atom. The van der Waals surface area contributed by atoms with E-state index in [1.807, 2.05) is 37.1 Å². The number of likely N-dealkylation sites (tertiary alicyclic amines) is 1. The zero-order valence-electron chi connectivity index (χ0n) is 17.4. The van der Waals surface area contributed by atoms with Gasteiger partial charge in [-0.15, -0.1) is 0 Å². The van der Waals surface area contributed by atoms with E-state index < -0.39 is 0 Å². The van der Waals surface area contributed by atoms with Crippen molar-refractivity contribution in [2.75, 3.05) is 33.8 Å². The second-order valence-electron chi connectivity index (χ2n) is 7.79. The quantitative estimate of drug-likeness (QED) is 0.723. The number of piperidine rings is 1. The van der Waals surface area contributed by atoms with E-state index in [0.717, 1.165) is 62.2 Å². The highest BCUT2D eigenvalue weighted by molar-refractivity contribution is 5.94. The van der Waals surface area contributed by atoms with Gasteiger partial charge in [0.05, 0.1) is 7.11 Å². The third kappa shape index (κ3) is 5.14. The molecule has 4 nitrogen and oxygen atoms in total. The highest BCUT2D eigenvalue weighted by Gasteiger charge is 2.26. The topological polar surface area (TPSA) is 32.8 Å². The van der Waals surface area contributed by atoms with Gasteiger partial charge in [-0.1, -0.05) is 30.3 Å². The van der Waals surface area contributed by atoms with Crippen molar-refractivity contribution in [1.82, 2.24) is 9.80 Å². The molecule has 0 N–H and O–H groups in total. The van der Waals surface area contributed by atoms with E-state index in [0.29, 0.717) is 0 Å². The Kier molecular flexibility index (Phi) is 7.10. The van der Waals surface area contributed by atoms with Crippen LogP contribution in [-0.2, 0) is 6.42 Å². The Bertz CT molecular complexity index is 775. The molecule has 1 fully saturated rings. The maximum absolute atomic E-state index is 13.0. The lowest BCUT2D eigenvalue weighted by Crippen LogP contribution is -2.48. The second kappa shape index (κ2) is 9.74.